The summed E-state index contributed by atoms with van der Waals surface area (Å²) >= 11 is 0. The van der Waals surface area contributed by atoms with E-state index in [2.05, 4.69) is 11.4 Å². The summed E-state index contributed by atoms with van der Waals surface area (Å²) in [4.78, 5) is 24.9. The van der Waals surface area contributed by atoms with Crippen molar-refractivity contribution >= 4 is 11.9 Å². The summed E-state index contributed by atoms with van der Waals surface area (Å²) in [7, 11) is 0. The van der Waals surface area contributed by atoms with E-state index >= 15 is 0 Å². The van der Waals surface area contributed by atoms with Crippen LogP contribution in [0.3, 0.4) is 0 Å². The Kier molecular flexibility index (Phi) is 4.22. The number of aliphatic carboxylic acids is 1. The molecule has 4 saturated carbocycles. The molecule has 0 saturated heterocycles. The Bertz CT molecular complexity index is 744. The van der Waals surface area contributed by atoms with Crippen LogP contribution >= 0.6 is 0 Å². The molecule has 0 spiro atoms. The fourth-order valence-electron chi connectivity index (χ4n) is 5.93. The first kappa shape index (κ1) is 17.1. The van der Waals surface area contributed by atoms with Crippen molar-refractivity contribution in [3.63, 3.8) is 0 Å². The molecule has 4 fully saturated rings. The number of rotatable bonds is 5. The largest absolute Gasteiger partial charge is 0.480 e. The number of carbonyl (C=O) groups excluding carboxylic acids is 1. The molecule has 5 nitrogen and oxygen atoms in total. The monoisotopic (exact) mass is 352 g/mol. The number of carbonyl (C=O) groups is 2. The molecule has 1 aromatic rings. The van der Waals surface area contributed by atoms with Crippen LogP contribution in [0.25, 0.3) is 0 Å². The average molecular weight is 352 g/mol. The van der Waals surface area contributed by atoms with E-state index in [4.69, 9.17) is 0 Å². The molecule has 0 aliphatic heterocycles. The normalized spacial score (nSPS) is 32.7. The van der Waals surface area contributed by atoms with Crippen molar-refractivity contribution in [1.29, 1.82) is 5.26 Å². The van der Waals surface area contributed by atoms with Crippen LogP contribution in [0.15, 0.2) is 24.3 Å². The lowest BCUT2D eigenvalue weighted by molar-refractivity contribution is -0.151. The Morgan fingerprint density at radius 1 is 1.15 bits per heavy atom. The second-order valence-electron chi connectivity index (χ2n) is 8.54. The maximum atomic E-state index is 13.1. The fraction of sp³-hybridized carbons (Fsp3) is 0.571. The van der Waals surface area contributed by atoms with Crippen molar-refractivity contribution in [2.45, 2.75) is 51.0 Å². The first-order valence-corrected chi connectivity index (χ1v) is 9.51. The molecule has 0 unspecified atom stereocenters. The molecule has 0 heterocycles. The van der Waals surface area contributed by atoms with Crippen molar-refractivity contribution in [2.75, 3.05) is 0 Å². The Hall–Kier alpha value is -2.35. The molecule has 4 aliphatic rings. The Labute approximate surface area is 153 Å². The third-order valence-electron chi connectivity index (χ3n) is 6.69. The highest BCUT2D eigenvalue weighted by atomic mass is 16.4. The van der Waals surface area contributed by atoms with Crippen LogP contribution in [0.5, 0.6) is 0 Å². The van der Waals surface area contributed by atoms with Gasteiger partial charge in [0.25, 0.3) is 0 Å². The SMILES string of the molecule is N#Cc1ccccc1C[C@@H](NC(=O)C12CC3CC(CC(C3)C1)C2)C(=O)O. The minimum atomic E-state index is -1.05. The number of carboxylic acids is 1. The summed E-state index contributed by atoms with van der Waals surface area (Å²) < 4.78 is 0. The second kappa shape index (κ2) is 6.42. The number of benzene rings is 1. The van der Waals surface area contributed by atoms with Crippen LogP contribution in [-0.4, -0.2) is 23.0 Å². The van der Waals surface area contributed by atoms with Gasteiger partial charge in [-0.15, -0.1) is 0 Å². The fourth-order valence-corrected chi connectivity index (χ4v) is 5.93. The topological polar surface area (TPSA) is 90.2 Å². The minimum Gasteiger partial charge on any atom is -0.480 e. The average Bonchev–Trinajstić information content (AvgIpc) is 2.60. The summed E-state index contributed by atoms with van der Waals surface area (Å²) in [6.07, 6.45) is 6.58. The van der Waals surface area contributed by atoms with Gasteiger partial charge in [0.1, 0.15) is 6.04 Å². The van der Waals surface area contributed by atoms with E-state index in [1.807, 2.05) is 0 Å². The zero-order chi connectivity index (χ0) is 18.3. The van der Waals surface area contributed by atoms with Gasteiger partial charge in [-0.1, -0.05) is 18.2 Å². The van der Waals surface area contributed by atoms with E-state index in [0.29, 0.717) is 28.9 Å². The molecular weight excluding hydrogens is 328 g/mol. The third kappa shape index (κ3) is 2.98. The lowest BCUT2D eigenvalue weighted by Gasteiger charge is -2.55. The van der Waals surface area contributed by atoms with Crippen molar-refractivity contribution in [2.24, 2.45) is 23.2 Å². The number of hydrogen-bond acceptors (Lipinski definition) is 3. The lowest BCUT2D eigenvalue weighted by atomic mass is 9.49. The lowest BCUT2D eigenvalue weighted by Crippen LogP contribution is -2.56. The molecule has 136 valence electrons. The van der Waals surface area contributed by atoms with Gasteiger partial charge in [-0.25, -0.2) is 4.79 Å². The summed E-state index contributed by atoms with van der Waals surface area (Å²) in [5.74, 6) is 0.771. The maximum absolute atomic E-state index is 13.1. The smallest absolute Gasteiger partial charge is 0.326 e. The van der Waals surface area contributed by atoms with E-state index in [9.17, 15) is 20.0 Å². The van der Waals surface area contributed by atoms with Gasteiger partial charge in [0, 0.05) is 11.8 Å². The van der Waals surface area contributed by atoms with Crippen LogP contribution in [0.2, 0.25) is 0 Å². The predicted octanol–water partition coefficient (Wildman–Crippen LogP) is 2.89. The molecule has 5 rings (SSSR count). The third-order valence-corrected chi connectivity index (χ3v) is 6.69. The van der Waals surface area contributed by atoms with Gasteiger partial charge in [-0.05, 0) is 67.9 Å². The van der Waals surface area contributed by atoms with Crippen LogP contribution in [0.4, 0.5) is 0 Å². The minimum absolute atomic E-state index is 0.0848. The van der Waals surface area contributed by atoms with Gasteiger partial charge in [0.05, 0.1) is 11.6 Å². The van der Waals surface area contributed by atoms with Crippen LogP contribution in [-0.2, 0) is 16.0 Å². The second-order valence-corrected chi connectivity index (χ2v) is 8.54. The number of amides is 1. The molecule has 1 atom stereocenters. The first-order chi connectivity index (χ1) is 12.5. The Morgan fingerprint density at radius 2 is 1.73 bits per heavy atom. The summed E-state index contributed by atoms with van der Waals surface area (Å²) in [5.41, 5.74) is 0.757. The van der Waals surface area contributed by atoms with Gasteiger partial charge < -0.3 is 10.4 Å². The molecule has 0 aromatic heterocycles. The van der Waals surface area contributed by atoms with Crippen LogP contribution in [0.1, 0.15) is 49.7 Å². The molecule has 4 bridgehead atoms. The summed E-state index contributed by atoms with van der Waals surface area (Å²) in [6.45, 7) is 0. The van der Waals surface area contributed by atoms with Gasteiger partial charge in [-0.3, -0.25) is 4.79 Å². The Balaban J connectivity index is 1.51. The quantitative estimate of drug-likeness (QED) is 0.852. The van der Waals surface area contributed by atoms with Crippen LogP contribution < -0.4 is 5.32 Å². The first-order valence-electron chi connectivity index (χ1n) is 9.51. The molecule has 2 N–H and O–H groups in total. The number of nitriles is 1. The zero-order valence-corrected chi connectivity index (χ0v) is 14.8. The highest BCUT2D eigenvalue weighted by Gasteiger charge is 2.54. The van der Waals surface area contributed by atoms with Crippen LogP contribution in [0, 0.1) is 34.5 Å². The van der Waals surface area contributed by atoms with E-state index in [-0.39, 0.29) is 17.7 Å². The summed E-state index contributed by atoms with van der Waals surface area (Å²) in [5, 5.41) is 21.7. The van der Waals surface area contributed by atoms with E-state index in [1.165, 1.54) is 19.3 Å². The highest BCUT2D eigenvalue weighted by molar-refractivity contribution is 5.88. The van der Waals surface area contributed by atoms with Gasteiger partial charge in [0.2, 0.25) is 5.91 Å². The molecule has 4 aliphatic carbocycles. The molecule has 5 heteroatoms. The van der Waals surface area contributed by atoms with E-state index in [1.54, 1.807) is 24.3 Å². The van der Waals surface area contributed by atoms with Crippen molar-refractivity contribution in [1.82, 2.24) is 5.32 Å². The van der Waals surface area contributed by atoms with Gasteiger partial charge >= 0.3 is 5.97 Å². The zero-order valence-electron chi connectivity index (χ0n) is 14.8. The van der Waals surface area contributed by atoms with Crippen molar-refractivity contribution in [3.8, 4) is 6.07 Å². The molecule has 26 heavy (non-hydrogen) atoms. The molecule has 1 amide bonds. The number of nitrogens with zero attached hydrogens (tertiary/aromatic N) is 1. The van der Waals surface area contributed by atoms with Crippen molar-refractivity contribution < 1.29 is 14.7 Å². The maximum Gasteiger partial charge on any atom is 0.326 e. The van der Waals surface area contributed by atoms with Crippen molar-refractivity contribution in [3.05, 3.63) is 35.4 Å². The highest BCUT2D eigenvalue weighted by Crippen LogP contribution is 2.60. The molecule has 1 aromatic carbocycles. The van der Waals surface area contributed by atoms with Gasteiger partial charge in [0.15, 0.2) is 0 Å². The number of carboxylic acid groups (broad SMARTS) is 1. The van der Waals surface area contributed by atoms with E-state index < -0.39 is 12.0 Å². The summed E-state index contributed by atoms with van der Waals surface area (Å²) in [6, 6.07) is 8.08. The predicted molar refractivity (Wildman–Crippen MR) is 95.0 cm³/mol. The molecule has 0 radical (unpaired) electrons. The standard InChI is InChI=1S/C21H24N2O3/c22-12-17-4-2-1-3-16(17)8-18(19(24)25)23-20(26)21-9-13-5-14(10-21)7-15(6-13)11-21/h1-4,13-15,18H,5-11H2,(H,23,26)(H,24,25)/t13?,14?,15?,18-,21?/m1/s1. The number of nitrogens with one attached hydrogen (secondary N) is 1. The van der Waals surface area contributed by atoms with Gasteiger partial charge in [-0.2, -0.15) is 5.26 Å². The van der Waals surface area contributed by atoms with E-state index in [0.717, 1.165) is 19.3 Å². The molecular formula is C21H24N2O3. The number of hydrogen-bond donors (Lipinski definition) is 2. The Morgan fingerprint density at radius 3 is 2.27 bits per heavy atom.